The van der Waals surface area contributed by atoms with Crippen molar-refractivity contribution in [3.63, 3.8) is 0 Å². The van der Waals surface area contributed by atoms with Crippen LogP contribution in [-0.4, -0.2) is 56.9 Å². The summed E-state index contributed by atoms with van der Waals surface area (Å²) in [6, 6.07) is 6.69. The smallest absolute Gasteiger partial charge is 0.343 e. The summed E-state index contributed by atoms with van der Waals surface area (Å²) >= 11 is 0. The lowest BCUT2D eigenvalue weighted by Gasteiger charge is -2.45. The zero-order chi connectivity index (χ0) is 16.2. The van der Waals surface area contributed by atoms with E-state index in [9.17, 15) is 4.79 Å². The Morgan fingerprint density at radius 2 is 2.22 bits per heavy atom. The molecule has 3 atom stereocenters. The number of fused-ring (bicyclic) bond motifs is 2. The Kier molecular flexibility index (Phi) is 3.25. The van der Waals surface area contributed by atoms with Gasteiger partial charge in [-0.2, -0.15) is 0 Å². The van der Waals surface area contributed by atoms with E-state index in [1.165, 1.54) is 29.5 Å². The normalized spacial score (nSPS) is 31.7. The molecule has 5 nitrogen and oxygen atoms in total. The van der Waals surface area contributed by atoms with E-state index in [4.69, 9.17) is 9.47 Å². The maximum Gasteiger partial charge on any atom is 0.343 e. The van der Waals surface area contributed by atoms with Crippen LogP contribution in [0.4, 0.5) is 5.69 Å². The molecule has 0 radical (unpaired) electrons. The van der Waals surface area contributed by atoms with Gasteiger partial charge < -0.3 is 14.8 Å². The molecule has 1 N–H and O–H groups in total. The highest BCUT2D eigenvalue weighted by atomic mass is 16.6. The number of ether oxygens (including phenoxy) is 2. The second-order valence-corrected chi connectivity index (χ2v) is 6.70. The Hall–Kier alpha value is -1.85. The van der Waals surface area contributed by atoms with Crippen molar-refractivity contribution in [2.24, 2.45) is 0 Å². The summed E-state index contributed by atoms with van der Waals surface area (Å²) in [6.45, 7) is 1.51. The molecule has 0 saturated heterocycles. The summed E-state index contributed by atoms with van der Waals surface area (Å²) in [5.41, 5.74) is 4.01. The number of rotatable bonds is 2. The van der Waals surface area contributed by atoms with Crippen LogP contribution in [0.3, 0.4) is 0 Å². The van der Waals surface area contributed by atoms with Crippen molar-refractivity contribution in [3.05, 3.63) is 35.4 Å². The van der Waals surface area contributed by atoms with Gasteiger partial charge in [-0.05, 0) is 42.3 Å². The molecule has 23 heavy (non-hydrogen) atoms. The highest BCUT2D eigenvalue weighted by Crippen LogP contribution is 2.49. The van der Waals surface area contributed by atoms with E-state index in [1.807, 2.05) is 6.08 Å². The fourth-order valence-corrected chi connectivity index (χ4v) is 4.40. The molecule has 0 bridgehead atoms. The lowest BCUT2D eigenvalue weighted by molar-refractivity contribution is -0.162. The number of anilines is 1. The van der Waals surface area contributed by atoms with Gasteiger partial charge in [0.1, 0.15) is 0 Å². The van der Waals surface area contributed by atoms with Gasteiger partial charge in [-0.3, -0.25) is 4.90 Å². The van der Waals surface area contributed by atoms with E-state index < -0.39 is 5.60 Å². The highest BCUT2D eigenvalue weighted by molar-refractivity contribution is 5.89. The minimum atomic E-state index is -1.03. The number of likely N-dealkylation sites (N-methyl/N-ethyl adjacent to an activating group) is 1. The molecular formula is C18H22N2O3. The lowest BCUT2D eigenvalue weighted by Crippen LogP contribution is -2.56. The quantitative estimate of drug-likeness (QED) is 0.845. The number of carbonyl (C=O) groups excluding carboxylic acids is 1. The van der Waals surface area contributed by atoms with E-state index in [1.54, 1.807) is 7.11 Å². The lowest BCUT2D eigenvalue weighted by atomic mass is 9.74. The number of nitrogens with one attached hydrogen (secondary N) is 1. The first-order valence-electron chi connectivity index (χ1n) is 8.03. The summed E-state index contributed by atoms with van der Waals surface area (Å²) in [6.07, 6.45) is 3.06. The molecule has 0 aromatic heterocycles. The molecule has 4 rings (SSSR count). The average Bonchev–Trinajstić information content (AvgIpc) is 2.99. The summed E-state index contributed by atoms with van der Waals surface area (Å²) in [4.78, 5) is 14.6. The Balaban J connectivity index is 1.90. The van der Waals surface area contributed by atoms with Crippen molar-refractivity contribution >= 4 is 17.2 Å². The number of nitrogens with zero attached hydrogens (tertiary/aromatic N) is 1. The van der Waals surface area contributed by atoms with Crippen molar-refractivity contribution in [2.75, 3.05) is 39.7 Å². The van der Waals surface area contributed by atoms with Crippen LogP contribution in [0.5, 0.6) is 0 Å². The first-order valence-corrected chi connectivity index (χ1v) is 8.03. The SMILES string of the molecule is COC(=O)[C@]1(OC)C=C2c3cccc4c3C(CN4)C[C@H]2N(C)C1. The maximum absolute atomic E-state index is 12.4. The fraction of sp³-hybridized carbons (Fsp3) is 0.500. The van der Waals surface area contributed by atoms with Crippen LogP contribution < -0.4 is 5.32 Å². The van der Waals surface area contributed by atoms with Crippen LogP contribution in [0.2, 0.25) is 0 Å². The van der Waals surface area contributed by atoms with Crippen molar-refractivity contribution in [1.29, 1.82) is 0 Å². The molecule has 1 aliphatic carbocycles. The Morgan fingerprint density at radius 1 is 1.39 bits per heavy atom. The average molecular weight is 314 g/mol. The zero-order valence-electron chi connectivity index (χ0n) is 13.8. The topological polar surface area (TPSA) is 50.8 Å². The maximum atomic E-state index is 12.4. The van der Waals surface area contributed by atoms with Crippen LogP contribution in [-0.2, 0) is 14.3 Å². The molecule has 1 aromatic rings. The number of carbonyl (C=O) groups is 1. The molecule has 0 amide bonds. The first-order chi connectivity index (χ1) is 11.1. The predicted molar refractivity (Wildman–Crippen MR) is 88.4 cm³/mol. The molecular weight excluding hydrogens is 292 g/mol. The van der Waals surface area contributed by atoms with Crippen LogP contribution in [0.1, 0.15) is 23.5 Å². The van der Waals surface area contributed by atoms with Gasteiger partial charge >= 0.3 is 5.97 Å². The van der Waals surface area contributed by atoms with Crippen LogP contribution >= 0.6 is 0 Å². The number of hydrogen-bond donors (Lipinski definition) is 1. The zero-order valence-corrected chi connectivity index (χ0v) is 13.8. The summed E-state index contributed by atoms with van der Waals surface area (Å²) < 4.78 is 10.6. The number of methoxy groups -OCH3 is 2. The van der Waals surface area contributed by atoms with Gasteiger partial charge in [0.05, 0.1) is 7.11 Å². The molecule has 0 saturated carbocycles. The molecule has 0 fully saturated rings. The van der Waals surface area contributed by atoms with Crippen molar-refractivity contribution in [3.8, 4) is 0 Å². The van der Waals surface area contributed by atoms with Gasteiger partial charge in [0.25, 0.3) is 0 Å². The molecule has 5 heteroatoms. The van der Waals surface area contributed by atoms with E-state index in [0.717, 1.165) is 13.0 Å². The van der Waals surface area contributed by atoms with Gasteiger partial charge in [-0.1, -0.05) is 12.1 Å². The van der Waals surface area contributed by atoms with Crippen LogP contribution in [0.25, 0.3) is 5.57 Å². The second-order valence-electron chi connectivity index (χ2n) is 6.70. The summed E-state index contributed by atoms with van der Waals surface area (Å²) in [5.74, 6) is 0.199. The Morgan fingerprint density at radius 3 is 2.96 bits per heavy atom. The molecule has 1 aromatic carbocycles. The Bertz CT molecular complexity index is 700. The Labute approximate surface area is 136 Å². The standard InChI is InChI=1S/C18H22N2O3/c1-20-10-18(23-3,17(21)22-2)8-13-12-5-4-6-14-16(12)11(9-19-14)7-15(13)20/h4-6,8,11,15,19H,7,9-10H2,1-3H3/t11?,15-,18+/m1/s1. The fourth-order valence-electron chi connectivity index (χ4n) is 4.40. The molecule has 122 valence electrons. The summed E-state index contributed by atoms with van der Waals surface area (Å²) in [5, 5.41) is 3.51. The minimum Gasteiger partial charge on any atom is -0.467 e. The van der Waals surface area contributed by atoms with Crippen molar-refractivity contribution < 1.29 is 14.3 Å². The third-order valence-corrected chi connectivity index (χ3v) is 5.53. The monoisotopic (exact) mass is 314 g/mol. The number of benzene rings is 1. The van der Waals surface area contributed by atoms with Gasteiger partial charge in [0.2, 0.25) is 0 Å². The highest BCUT2D eigenvalue weighted by Gasteiger charge is 2.48. The molecule has 3 aliphatic rings. The summed E-state index contributed by atoms with van der Waals surface area (Å²) in [7, 11) is 5.05. The van der Waals surface area contributed by atoms with E-state index >= 15 is 0 Å². The van der Waals surface area contributed by atoms with Crippen LogP contribution in [0.15, 0.2) is 24.3 Å². The van der Waals surface area contributed by atoms with Gasteiger partial charge in [-0.15, -0.1) is 0 Å². The number of esters is 1. The van der Waals surface area contributed by atoms with Crippen molar-refractivity contribution in [1.82, 2.24) is 4.90 Å². The van der Waals surface area contributed by atoms with Crippen LogP contribution in [0, 0.1) is 0 Å². The van der Waals surface area contributed by atoms with Crippen molar-refractivity contribution in [2.45, 2.75) is 24.0 Å². The third kappa shape index (κ3) is 1.96. The van der Waals surface area contributed by atoms with Gasteiger partial charge in [0.15, 0.2) is 5.60 Å². The minimum absolute atomic E-state index is 0.315. The van der Waals surface area contributed by atoms with E-state index in [2.05, 4.69) is 35.5 Å². The number of hydrogen-bond acceptors (Lipinski definition) is 5. The van der Waals surface area contributed by atoms with Gasteiger partial charge in [-0.25, -0.2) is 4.79 Å². The van der Waals surface area contributed by atoms with E-state index in [0.29, 0.717) is 18.5 Å². The molecule has 0 spiro atoms. The molecule has 1 unspecified atom stereocenters. The molecule has 2 aliphatic heterocycles. The van der Waals surface area contributed by atoms with E-state index in [-0.39, 0.29) is 5.97 Å². The first kappa shape index (κ1) is 14.7. The molecule has 2 heterocycles. The second kappa shape index (κ2) is 5.08. The third-order valence-electron chi connectivity index (χ3n) is 5.53. The largest absolute Gasteiger partial charge is 0.467 e. The van der Waals surface area contributed by atoms with Gasteiger partial charge in [0, 0.05) is 37.8 Å². The predicted octanol–water partition coefficient (Wildman–Crippen LogP) is 1.85.